The van der Waals surface area contributed by atoms with Crippen LogP contribution in [0.1, 0.15) is 25.0 Å². The molecule has 0 bridgehead atoms. The summed E-state index contributed by atoms with van der Waals surface area (Å²) in [6.07, 6.45) is 10.5. The van der Waals surface area contributed by atoms with E-state index in [0.29, 0.717) is 0 Å². The monoisotopic (exact) mass is 262 g/mol. The van der Waals surface area contributed by atoms with Crippen molar-refractivity contribution >= 4 is 0 Å². The van der Waals surface area contributed by atoms with Gasteiger partial charge in [0, 0.05) is 5.92 Å². The Morgan fingerprint density at radius 2 is 1.95 bits per heavy atom. The van der Waals surface area contributed by atoms with Crippen molar-refractivity contribution in [1.29, 1.82) is 0 Å². The summed E-state index contributed by atoms with van der Waals surface area (Å²) in [5.41, 5.74) is 0. The van der Waals surface area contributed by atoms with Crippen LogP contribution in [-0.2, 0) is 6.54 Å². The molecule has 1 aromatic rings. The molecule has 0 radical (unpaired) electrons. The molecule has 3 rings (SSSR count). The van der Waals surface area contributed by atoms with Crippen LogP contribution in [0.25, 0.3) is 0 Å². The molecule has 1 atom stereocenters. The third-order valence-corrected chi connectivity index (χ3v) is 4.62. The van der Waals surface area contributed by atoms with Gasteiger partial charge >= 0.3 is 0 Å². The van der Waals surface area contributed by atoms with Gasteiger partial charge in [-0.1, -0.05) is 12.2 Å². The fourth-order valence-corrected chi connectivity index (χ4v) is 3.45. The Morgan fingerprint density at radius 1 is 1.11 bits per heavy atom. The summed E-state index contributed by atoms with van der Waals surface area (Å²) in [6, 6.07) is 4.09. The molecule has 0 saturated carbocycles. The molecule has 1 aliphatic carbocycles. The van der Waals surface area contributed by atoms with E-state index in [1.807, 2.05) is 11.0 Å². The van der Waals surface area contributed by atoms with Gasteiger partial charge < -0.3 is 14.2 Å². The topological polar surface area (TPSA) is 22.0 Å². The fourth-order valence-electron chi connectivity index (χ4n) is 3.45. The predicted molar refractivity (Wildman–Crippen MR) is 75.2 cm³/mol. The Labute approximate surface area is 115 Å². The van der Waals surface area contributed by atoms with Crippen molar-refractivity contribution in [2.45, 2.75) is 25.8 Å². The maximum atomic E-state index is 5.45. The lowest BCUT2D eigenvalue weighted by molar-refractivity contribution is -1.02. The summed E-state index contributed by atoms with van der Waals surface area (Å²) < 4.78 is 5.45. The van der Waals surface area contributed by atoms with Gasteiger partial charge in [-0.2, -0.15) is 0 Å². The quantitative estimate of drug-likeness (QED) is 0.728. The van der Waals surface area contributed by atoms with Crippen LogP contribution in [0.15, 0.2) is 35.0 Å². The van der Waals surface area contributed by atoms with Crippen molar-refractivity contribution in [1.82, 2.24) is 0 Å². The Kier molecular flexibility index (Phi) is 4.36. The summed E-state index contributed by atoms with van der Waals surface area (Å²) in [7, 11) is 0. The average Bonchev–Trinajstić information content (AvgIpc) is 2.95. The molecule has 0 aromatic carbocycles. The molecule has 3 nitrogen and oxygen atoms in total. The Morgan fingerprint density at radius 3 is 2.63 bits per heavy atom. The van der Waals surface area contributed by atoms with E-state index in [-0.39, 0.29) is 0 Å². The molecule has 104 valence electrons. The Hall–Kier alpha value is -1.06. The number of allylic oxidation sites excluding steroid dienone is 2. The van der Waals surface area contributed by atoms with Gasteiger partial charge in [-0.15, -0.1) is 0 Å². The van der Waals surface area contributed by atoms with Crippen LogP contribution in [-0.4, -0.2) is 32.7 Å². The molecule has 19 heavy (non-hydrogen) atoms. The SMILES string of the molecule is C1=CC[C@@H](C[NH+]2CC[NH+](Cc3ccco3)CC2)CC1. The molecule has 2 heterocycles. The van der Waals surface area contributed by atoms with Gasteiger partial charge in [0.25, 0.3) is 0 Å². The molecule has 1 aromatic heterocycles. The predicted octanol–water partition coefficient (Wildman–Crippen LogP) is -0.0807. The average molecular weight is 262 g/mol. The molecule has 2 aliphatic rings. The summed E-state index contributed by atoms with van der Waals surface area (Å²) in [5.74, 6) is 2.07. The molecular formula is C16H26N2O+2. The van der Waals surface area contributed by atoms with Crippen molar-refractivity contribution in [3.8, 4) is 0 Å². The van der Waals surface area contributed by atoms with Crippen molar-refractivity contribution in [3.63, 3.8) is 0 Å². The summed E-state index contributed by atoms with van der Waals surface area (Å²) in [4.78, 5) is 3.51. The summed E-state index contributed by atoms with van der Waals surface area (Å²) >= 11 is 0. The first-order chi connectivity index (χ1) is 9.40. The van der Waals surface area contributed by atoms with Crippen LogP contribution >= 0.6 is 0 Å². The molecule has 2 N–H and O–H groups in total. The summed E-state index contributed by atoms with van der Waals surface area (Å²) in [5, 5.41) is 0. The van der Waals surface area contributed by atoms with Crippen molar-refractivity contribution in [2.24, 2.45) is 5.92 Å². The number of rotatable bonds is 4. The minimum absolute atomic E-state index is 0.937. The smallest absolute Gasteiger partial charge is 0.157 e. The lowest BCUT2D eigenvalue weighted by Gasteiger charge is -2.31. The zero-order valence-corrected chi connectivity index (χ0v) is 11.7. The number of nitrogens with one attached hydrogen (secondary N) is 2. The molecule has 1 fully saturated rings. The van der Waals surface area contributed by atoms with Crippen molar-refractivity contribution < 1.29 is 14.2 Å². The Bertz CT molecular complexity index is 391. The van der Waals surface area contributed by atoms with E-state index < -0.39 is 0 Å². The van der Waals surface area contributed by atoms with Crippen LogP contribution in [0.2, 0.25) is 0 Å². The first-order valence-corrected chi connectivity index (χ1v) is 7.74. The normalized spacial score (nSPS) is 31.5. The molecule has 1 saturated heterocycles. The van der Waals surface area contributed by atoms with Gasteiger partial charge in [-0.05, 0) is 31.4 Å². The van der Waals surface area contributed by atoms with Crippen LogP contribution in [0.5, 0.6) is 0 Å². The third-order valence-electron chi connectivity index (χ3n) is 4.62. The van der Waals surface area contributed by atoms with E-state index in [9.17, 15) is 0 Å². The van der Waals surface area contributed by atoms with Crippen LogP contribution in [0.4, 0.5) is 0 Å². The largest absolute Gasteiger partial charge is 0.463 e. The zero-order chi connectivity index (χ0) is 12.9. The molecule has 0 unspecified atom stereocenters. The standard InChI is InChI=1S/C16H24N2O/c1-2-5-15(6-3-1)13-17-8-10-18(11-9-17)14-16-7-4-12-19-16/h1-2,4,7,12,15H,3,5-6,8-11,13-14H2/p+2/t15-/m1/s1. The third kappa shape index (κ3) is 3.71. The van der Waals surface area contributed by atoms with Gasteiger partial charge in [-0.25, -0.2) is 0 Å². The van der Waals surface area contributed by atoms with E-state index in [2.05, 4.69) is 18.2 Å². The maximum Gasteiger partial charge on any atom is 0.157 e. The lowest BCUT2D eigenvalue weighted by Crippen LogP contribution is -3.27. The number of piperazine rings is 1. The zero-order valence-electron chi connectivity index (χ0n) is 11.7. The van der Waals surface area contributed by atoms with Gasteiger partial charge in [0.1, 0.15) is 32.7 Å². The summed E-state index contributed by atoms with van der Waals surface area (Å²) in [6.45, 7) is 7.69. The molecule has 3 heteroatoms. The van der Waals surface area contributed by atoms with Crippen molar-refractivity contribution in [2.75, 3.05) is 32.7 Å². The molecule has 0 spiro atoms. The first-order valence-electron chi connectivity index (χ1n) is 7.74. The van der Waals surface area contributed by atoms with E-state index in [1.54, 1.807) is 11.2 Å². The van der Waals surface area contributed by atoms with Crippen LogP contribution in [0.3, 0.4) is 0 Å². The minimum Gasteiger partial charge on any atom is -0.463 e. The number of furan rings is 1. The number of hydrogen-bond donors (Lipinski definition) is 2. The molecular weight excluding hydrogens is 236 g/mol. The van der Waals surface area contributed by atoms with Gasteiger partial charge in [-0.3, -0.25) is 0 Å². The van der Waals surface area contributed by atoms with Gasteiger partial charge in [0.05, 0.1) is 12.8 Å². The second-order valence-electron chi connectivity index (χ2n) is 6.11. The van der Waals surface area contributed by atoms with E-state index in [4.69, 9.17) is 4.42 Å². The van der Waals surface area contributed by atoms with Gasteiger partial charge in [0.2, 0.25) is 0 Å². The fraction of sp³-hybridized carbons (Fsp3) is 0.625. The highest BCUT2D eigenvalue weighted by atomic mass is 16.3. The molecule has 0 amide bonds. The second-order valence-corrected chi connectivity index (χ2v) is 6.11. The van der Waals surface area contributed by atoms with Crippen LogP contribution < -0.4 is 9.80 Å². The number of hydrogen-bond acceptors (Lipinski definition) is 1. The highest BCUT2D eigenvalue weighted by molar-refractivity contribution is 4.95. The van der Waals surface area contributed by atoms with E-state index in [0.717, 1.165) is 18.2 Å². The highest BCUT2D eigenvalue weighted by Gasteiger charge is 2.26. The van der Waals surface area contributed by atoms with E-state index in [1.165, 1.54) is 52.0 Å². The lowest BCUT2D eigenvalue weighted by atomic mass is 9.94. The number of quaternary nitrogens is 2. The minimum atomic E-state index is 0.937. The highest BCUT2D eigenvalue weighted by Crippen LogP contribution is 2.15. The van der Waals surface area contributed by atoms with E-state index >= 15 is 0 Å². The maximum absolute atomic E-state index is 5.45. The van der Waals surface area contributed by atoms with Gasteiger partial charge in [0.15, 0.2) is 5.76 Å². The molecule has 1 aliphatic heterocycles. The Balaban J connectivity index is 1.40. The second kappa shape index (κ2) is 6.40. The van der Waals surface area contributed by atoms with Crippen molar-refractivity contribution in [3.05, 3.63) is 36.3 Å². The van der Waals surface area contributed by atoms with Crippen LogP contribution in [0, 0.1) is 5.92 Å². The first kappa shape index (κ1) is 12.9.